The minimum atomic E-state index is -0.435. The average molecular weight is 442 g/mol. The highest BCUT2D eigenvalue weighted by Crippen LogP contribution is 2.28. The molecule has 0 aliphatic heterocycles. The zero-order valence-electron chi connectivity index (χ0n) is 15.8. The smallest absolute Gasteiger partial charge is 0.276 e. The van der Waals surface area contributed by atoms with Crippen LogP contribution in [-0.2, 0) is 4.79 Å². The van der Waals surface area contributed by atoms with Gasteiger partial charge in [0.05, 0.1) is 24.1 Å². The van der Waals surface area contributed by atoms with Crippen molar-refractivity contribution in [2.24, 2.45) is 0 Å². The summed E-state index contributed by atoms with van der Waals surface area (Å²) < 4.78 is 20.7. The molecular formula is C21H16FN3O3S2. The maximum Gasteiger partial charge on any atom is 0.276 e. The summed E-state index contributed by atoms with van der Waals surface area (Å²) in [6.45, 7) is 0. The van der Waals surface area contributed by atoms with Crippen molar-refractivity contribution in [3.63, 3.8) is 0 Å². The number of methoxy groups -OCH3 is 1. The first-order chi connectivity index (χ1) is 14.6. The van der Waals surface area contributed by atoms with Crippen molar-refractivity contribution in [2.45, 2.75) is 5.16 Å². The predicted molar refractivity (Wildman–Crippen MR) is 118 cm³/mol. The Bertz CT molecular complexity index is 1290. The molecule has 4 rings (SSSR count). The summed E-state index contributed by atoms with van der Waals surface area (Å²) in [6, 6.07) is 14.6. The number of hydrogen-bond acceptors (Lipinski definition) is 6. The van der Waals surface area contributed by atoms with Gasteiger partial charge in [0.1, 0.15) is 16.3 Å². The third-order valence-corrected chi connectivity index (χ3v) is 6.05. The van der Waals surface area contributed by atoms with Crippen LogP contribution in [-0.4, -0.2) is 28.3 Å². The van der Waals surface area contributed by atoms with Crippen LogP contribution in [0.1, 0.15) is 0 Å². The monoisotopic (exact) mass is 441 g/mol. The number of benzene rings is 2. The van der Waals surface area contributed by atoms with Crippen molar-refractivity contribution in [2.75, 3.05) is 18.2 Å². The second-order valence-electron chi connectivity index (χ2n) is 6.19. The summed E-state index contributed by atoms with van der Waals surface area (Å²) in [5.74, 6) is -0.261. The Balaban J connectivity index is 1.68. The maximum absolute atomic E-state index is 13.3. The van der Waals surface area contributed by atoms with E-state index in [1.165, 1.54) is 41.2 Å². The van der Waals surface area contributed by atoms with Gasteiger partial charge in [0.2, 0.25) is 5.91 Å². The topological polar surface area (TPSA) is 73.2 Å². The normalized spacial score (nSPS) is 10.9. The molecule has 0 spiro atoms. The third kappa shape index (κ3) is 4.07. The first-order valence-corrected chi connectivity index (χ1v) is 10.7. The van der Waals surface area contributed by atoms with Gasteiger partial charge in [-0.25, -0.2) is 9.37 Å². The van der Waals surface area contributed by atoms with Crippen molar-refractivity contribution in [3.05, 3.63) is 76.1 Å². The lowest BCUT2D eigenvalue weighted by molar-refractivity contribution is -0.113. The highest BCUT2D eigenvalue weighted by Gasteiger charge is 2.18. The van der Waals surface area contributed by atoms with E-state index in [4.69, 9.17) is 4.74 Å². The third-order valence-electron chi connectivity index (χ3n) is 4.22. The highest BCUT2D eigenvalue weighted by atomic mass is 32.2. The number of halogens is 1. The van der Waals surface area contributed by atoms with Gasteiger partial charge in [-0.3, -0.25) is 14.2 Å². The Kier molecular flexibility index (Phi) is 5.82. The summed E-state index contributed by atoms with van der Waals surface area (Å²) >= 11 is 2.43. The Morgan fingerprint density at radius 3 is 2.87 bits per heavy atom. The van der Waals surface area contributed by atoms with Crippen LogP contribution >= 0.6 is 23.1 Å². The number of para-hydroxylation sites is 2. The molecule has 2 aromatic carbocycles. The van der Waals surface area contributed by atoms with E-state index in [2.05, 4.69) is 10.3 Å². The fourth-order valence-electron chi connectivity index (χ4n) is 2.91. The van der Waals surface area contributed by atoms with Crippen LogP contribution < -0.4 is 15.6 Å². The number of aromatic nitrogens is 2. The van der Waals surface area contributed by atoms with E-state index < -0.39 is 5.82 Å². The first kappa shape index (κ1) is 20.1. The number of anilines is 1. The van der Waals surface area contributed by atoms with E-state index in [1.54, 1.807) is 35.7 Å². The van der Waals surface area contributed by atoms with Gasteiger partial charge in [0, 0.05) is 5.69 Å². The average Bonchev–Trinajstić information content (AvgIpc) is 3.21. The number of amides is 1. The molecule has 0 saturated heterocycles. The molecule has 0 aliphatic carbocycles. The van der Waals surface area contributed by atoms with Gasteiger partial charge in [-0.1, -0.05) is 30.0 Å². The zero-order chi connectivity index (χ0) is 21.1. The van der Waals surface area contributed by atoms with Gasteiger partial charge in [-0.15, -0.1) is 11.3 Å². The van der Waals surface area contributed by atoms with Crippen LogP contribution in [0.5, 0.6) is 5.75 Å². The zero-order valence-corrected chi connectivity index (χ0v) is 17.4. The Labute approximate surface area is 179 Å². The van der Waals surface area contributed by atoms with Gasteiger partial charge in [-0.2, -0.15) is 0 Å². The van der Waals surface area contributed by atoms with Crippen molar-refractivity contribution in [3.8, 4) is 11.4 Å². The number of carbonyl (C=O) groups excluding carboxylic acids is 1. The molecule has 152 valence electrons. The van der Waals surface area contributed by atoms with Crippen LogP contribution in [0.2, 0.25) is 0 Å². The molecule has 9 heteroatoms. The van der Waals surface area contributed by atoms with Gasteiger partial charge in [0.15, 0.2) is 5.16 Å². The van der Waals surface area contributed by atoms with E-state index >= 15 is 0 Å². The molecule has 0 aliphatic rings. The van der Waals surface area contributed by atoms with Gasteiger partial charge in [0.25, 0.3) is 5.56 Å². The summed E-state index contributed by atoms with van der Waals surface area (Å²) in [7, 11) is 1.53. The number of thiophene rings is 1. The second kappa shape index (κ2) is 8.68. The van der Waals surface area contributed by atoms with Crippen LogP contribution in [0.15, 0.2) is 69.9 Å². The van der Waals surface area contributed by atoms with Gasteiger partial charge >= 0.3 is 0 Å². The first-order valence-electron chi connectivity index (χ1n) is 8.88. The van der Waals surface area contributed by atoms with Crippen LogP contribution in [0.25, 0.3) is 15.9 Å². The van der Waals surface area contributed by atoms with Gasteiger partial charge < -0.3 is 10.1 Å². The molecule has 0 fully saturated rings. The summed E-state index contributed by atoms with van der Waals surface area (Å²) in [4.78, 5) is 30.1. The van der Waals surface area contributed by atoms with Gasteiger partial charge in [-0.05, 0) is 41.8 Å². The number of rotatable bonds is 6. The predicted octanol–water partition coefficient (Wildman–Crippen LogP) is 4.33. The molecular weight excluding hydrogens is 425 g/mol. The molecule has 30 heavy (non-hydrogen) atoms. The van der Waals surface area contributed by atoms with E-state index in [9.17, 15) is 14.0 Å². The molecule has 0 saturated carbocycles. The number of hydrogen-bond donors (Lipinski definition) is 1. The second-order valence-corrected chi connectivity index (χ2v) is 8.05. The van der Waals surface area contributed by atoms with E-state index in [-0.39, 0.29) is 17.2 Å². The SMILES string of the molecule is COc1ccccc1-n1c(SCC(=O)Nc2cccc(F)c2)nc2ccsc2c1=O. The lowest BCUT2D eigenvalue weighted by Crippen LogP contribution is -2.22. The van der Waals surface area contributed by atoms with Crippen molar-refractivity contribution >= 4 is 44.9 Å². The summed E-state index contributed by atoms with van der Waals surface area (Å²) in [5, 5.41) is 4.81. The Morgan fingerprint density at radius 2 is 2.07 bits per heavy atom. The molecule has 0 unspecified atom stereocenters. The molecule has 6 nitrogen and oxygen atoms in total. The number of nitrogens with zero attached hydrogens (tertiary/aromatic N) is 2. The molecule has 1 N–H and O–H groups in total. The molecule has 1 amide bonds. The lowest BCUT2D eigenvalue weighted by atomic mass is 10.3. The van der Waals surface area contributed by atoms with E-state index in [1.807, 2.05) is 6.07 Å². The fourth-order valence-corrected chi connectivity index (χ4v) is 4.47. The van der Waals surface area contributed by atoms with Crippen LogP contribution in [0, 0.1) is 5.82 Å². The molecule has 2 heterocycles. The summed E-state index contributed by atoms with van der Waals surface area (Å²) in [6.07, 6.45) is 0. The van der Waals surface area contributed by atoms with Crippen LogP contribution in [0.3, 0.4) is 0 Å². The number of carbonyl (C=O) groups is 1. The Hall–Kier alpha value is -3.17. The molecule has 0 atom stereocenters. The lowest BCUT2D eigenvalue weighted by Gasteiger charge is -2.14. The standard InChI is InChI=1S/C21H16FN3O3S2/c1-28-17-8-3-2-7-16(17)25-20(27)19-15(9-10-29-19)24-21(25)30-12-18(26)23-14-6-4-5-13(22)11-14/h2-11H,12H2,1H3,(H,23,26). The molecule has 0 bridgehead atoms. The van der Waals surface area contributed by atoms with E-state index in [0.717, 1.165) is 11.8 Å². The molecule has 2 aromatic heterocycles. The minimum Gasteiger partial charge on any atom is -0.495 e. The highest BCUT2D eigenvalue weighted by molar-refractivity contribution is 7.99. The van der Waals surface area contributed by atoms with Crippen LogP contribution in [0.4, 0.5) is 10.1 Å². The Morgan fingerprint density at radius 1 is 1.23 bits per heavy atom. The van der Waals surface area contributed by atoms with Crippen molar-refractivity contribution in [1.29, 1.82) is 0 Å². The number of thioether (sulfide) groups is 1. The number of nitrogens with one attached hydrogen (secondary N) is 1. The number of ether oxygens (including phenoxy) is 1. The summed E-state index contributed by atoms with van der Waals surface area (Å²) in [5.41, 5.74) is 1.25. The number of fused-ring (bicyclic) bond motifs is 1. The van der Waals surface area contributed by atoms with Crippen molar-refractivity contribution < 1.29 is 13.9 Å². The fraction of sp³-hybridized carbons (Fsp3) is 0.0952. The molecule has 0 radical (unpaired) electrons. The maximum atomic E-state index is 13.3. The van der Waals surface area contributed by atoms with E-state index in [0.29, 0.717) is 32.5 Å². The molecule has 4 aromatic rings. The minimum absolute atomic E-state index is 0.00620. The van der Waals surface area contributed by atoms with Crippen molar-refractivity contribution in [1.82, 2.24) is 9.55 Å². The quantitative estimate of drug-likeness (QED) is 0.356. The largest absolute Gasteiger partial charge is 0.495 e.